The molecule has 5 nitrogen and oxygen atoms in total. The Kier molecular flexibility index (Phi) is 5.68. The monoisotopic (exact) mass is 381 g/mol. The van der Waals surface area contributed by atoms with Gasteiger partial charge in [-0.3, -0.25) is 9.59 Å². The second-order valence-electron chi connectivity index (χ2n) is 4.72. The van der Waals surface area contributed by atoms with Crippen LogP contribution < -0.4 is 10.6 Å². The van der Waals surface area contributed by atoms with Crippen LogP contribution in [0.2, 0.25) is 0 Å². The number of thiazole rings is 1. The van der Waals surface area contributed by atoms with Gasteiger partial charge in [-0.1, -0.05) is 15.9 Å². The molecule has 0 aliphatic heterocycles. The van der Waals surface area contributed by atoms with E-state index < -0.39 is 0 Å². The lowest BCUT2D eigenvalue weighted by molar-refractivity contribution is -0.116. The fourth-order valence-electron chi connectivity index (χ4n) is 1.70. The van der Waals surface area contributed by atoms with Crippen molar-refractivity contribution in [1.82, 2.24) is 10.3 Å². The molecular weight excluding hydrogens is 366 g/mol. The van der Waals surface area contributed by atoms with Crippen molar-refractivity contribution in [3.63, 3.8) is 0 Å². The van der Waals surface area contributed by atoms with E-state index in [0.717, 1.165) is 15.0 Å². The topological polar surface area (TPSA) is 71.1 Å². The van der Waals surface area contributed by atoms with Crippen molar-refractivity contribution in [1.29, 1.82) is 0 Å². The van der Waals surface area contributed by atoms with Crippen LogP contribution in [0.1, 0.15) is 27.3 Å². The fraction of sp³-hybridized carbons (Fsp3) is 0.267. The Bertz CT molecular complexity index is 663. The summed E-state index contributed by atoms with van der Waals surface area (Å²) in [4.78, 5) is 29.0. The summed E-state index contributed by atoms with van der Waals surface area (Å²) in [6.45, 7) is 4.14. The summed E-state index contributed by atoms with van der Waals surface area (Å²) in [5.41, 5.74) is 1.48. The van der Waals surface area contributed by atoms with Crippen LogP contribution in [0.25, 0.3) is 0 Å². The average Bonchev–Trinajstić information content (AvgIpc) is 2.77. The van der Waals surface area contributed by atoms with Gasteiger partial charge in [-0.15, -0.1) is 11.3 Å². The lowest BCUT2D eigenvalue weighted by Gasteiger charge is -2.05. The van der Waals surface area contributed by atoms with E-state index in [2.05, 4.69) is 31.5 Å². The number of nitrogens with one attached hydrogen (secondary N) is 2. The summed E-state index contributed by atoms with van der Waals surface area (Å²) in [7, 11) is 0. The molecule has 1 aromatic heterocycles. The molecule has 0 bridgehead atoms. The highest BCUT2D eigenvalue weighted by molar-refractivity contribution is 9.10. The third-order valence-electron chi connectivity index (χ3n) is 3.02. The smallest absolute Gasteiger partial charge is 0.251 e. The number of aromatic nitrogens is 1. The maximum Gasteiger partial charge on any atom is 0.251 e. The van der Waals surface area contributed by atoms with E-state index in [1.165, 1.54) is 11.3 Å². The number of amides is 2. The number of hydrogen-bond donors (Lipinski definition) is 2. The quantitative estimate of drug-likeness (QED) is 0.834. The normalized spacial score (nSPS) is 10.3. The zero-order chi connectivity index (χ0) is 16.1. The lowest BCUT2D eigenvalue weighted by Crippen LogP contribution is -2.27. The van der Waals surface area contributed by atoms with Crippen molar-refractivity contribution in [2.24, 2.45) is 0 Å². The van der Waals surface area contributed by atoms with Crippen LogP contribution in [0, 0.1) is 13.8 Å². The number of anilines is 1. The molecule has 116 valence electrons. The van der Waals surface area contributed by atoms with Crippen molar-refractivity contribution in [3.05, 3.63) is 44.9 Å². The molecule has 0 saturated heterocycles. The SMILES string of the molecule is Cc1nc(NC(=O)CCNC(=O)c2ccc(Br)cc2)sc1C. The van der Waals surface area contributed by atoms with Crippen LogP contribution in [0.3, 0.4) is 0 Å². The molecule has 0 atom stereocenters. The molecule has 0 unspecified atom stereocenters. The van der Waals surface area contributed by atoms with E-state index in [1.807, 2.05) is 13.8 Å². The van der Waals surface area contributed by atoms with Crippen molar-refractivity contribution >= 4 is 44.2 Å². The Balaban J connectivity index is 1.77. The van der Waals surface area contributed by atoms with Crippen LogP contribution in [0.15, 0.2) is 28.7 Å². The zero-order valence-corrected chi connectivity index (χ0v) is 14.7. The van der Waals surface area contributed by atoms with E-state index in [-0.39, 0.29) is 24.8 Å². The molecule has 2 aromatic rings. The predicted octanol–water partition coefficient (Wildman–Crippen LogP) is 3.28. The average molecular weight is 382 g/mol. The van der Waals surface area contributed by atoms with Gasteiger partial charge in [0.2, 0.25) is 5.91 Å². The number of halogens is 1. The van der Waals surface area contributed by atoms with Crippen LogP contribution >= 0.6 is 27.3 Å². The molecule has 0 spiro atoms. The van der Waals surface area contributed by atoms with E-state index in [9.17, 15) is 9.59 Å². The molecule has 2 rings (SSSR count). The van der Waals surface area contributed by atoms with E-state index in [1.54, 1.807) is 24.3 Å². The van der Waals surface area contributed by atoms with Gasteiger partial charge in [0.15, 0.2) is 5.13 Å². The highest BCUT2D eigenvalue weighted by Gasteiger charge is 2.09. The van der Waals surface area contributed by atoms with Crippen molar-refractivity contribution < 1.29 is 9.59 Å². The van der Waals surface area contributed by atoms with Crippen molar-refractivity contribution in [2.75, 3.05) is 11.9 Å². The number of benzene rings is 1. The first kappa shape index (κ1) is 16.6. The van der Waals surface area contributed by atoms with Crippen molar-refractivity contribution in [3.8, 4) is 0 Å². The second kappa shape index (κ2) is 7.51. The van der Waals surface area contributed by atoms with Crippen LogP contribution in [0.5, 0.6) is 0 Å². The molecule has 0 fully saturated rings. The van der Waals surface area contributed by atoms with Gasteiger partial charge in [-0.25, -0.2) is 4.98 Å². The van der Waals surface area contributed by atoms with Crippen LogP contribution in [-0.4, -0.2) is 23.3 Å². The molecule has 0 radical (unpaired) electrons. The molecule has 7 heteroatoms. The number of hydrogen-bond acceptors (Lipinski definition) is 4. The first-order valence-corrected chi connectivity index (χ1v) is 8.34. The first-order chi connectivity index (χ1) is 10.5. The summed E-state index contributed by atoms with van der Waals surface area (Å²) in [6, 6.07) is 7.05. The van der Waals surface area contributed by atoms with E-state index >= 15 is 0 Å². The molecule has 0 aliphatic rings. The van der Waals surface area contributed by atoms with Gasteiger partial charge in [-0.2, -0.15) is 0 Å². The van der Waals surface area contributed by atoms with Gasteiger partial charge in [-0.05, 0) is 38.1 Å². The summed E-state index contributed by atoms with van der Waals surface area (Å²) in [6.07, 6.45) is 0.208. The molecule has 0 saturated carbocycles. The van der Waals surface area contributed by atoms with Gasteiger partial charge >= 0.3 is 0 Å². The number of nitrogens with zero attached hydrogens (tertiary/aromatic N) is 1. The summed E-state index contributed by atoms with van der Waals surface area (Å²) in [5.74, 6) is -0.355. The van der Waals surface area contributed by atoms with Gasteiger partial charge < -0.3 is 10.6 Å². The highest BCUT2D eigenvalue weighted by Crippen LogP contribution is 2.21. The Labute approximate surface area is 141 Å². The molecule has 2 N–H and O–H groups in total. The maximum absolute atomic E-state index is 11.9. The van der Waals surface area contributed by atoms with Gasteiger partial charge in [0.25, 0.3) is 5.91 Å². The highest BCUT2D eigenvalue weighted by atomic mass is 79.9. The summed E-state index contributed by atoms with van der Waals surface area (Å²) >= 11 is 4.76. The minimum atomic E-state index is -0.193. The predicted molar refractivity (Wildman–Crippen MR) is 91.3 cm³/mol. The second-order valence-corrected chi connectivity index (χ2v) is 6.84. The number of rotatable bonds is 5. The third-order valence-corrected chi connectivity index (χ3v) is 4.54. The fourth-order valence-corrected chi connectivity index (χ4v) is 2.80. The molecule has 22 heavy (non-hydrogen) atoms. The Hall–Kier alpha value is -1.73. The first-order valence-electron chi connectivity index (χ1n) is 6.73. The maximum atomic E-state index is 11.9. The number of carbonyl (C=O) groups excluding carboxylic acids is 2. The van der Waals surface area contributed by atoms with Gasteiger partial charge in [0, 0.05) is 27.9 Å². The number of carbonyl (C=O) groups is 2. The number of aryl methyl sites for hydroxylation is 2. The molecule has 0 aliphatic carbocycles. The largest absolute Gasteiger partial charge is 0.352 e. The van der Waals surface area contributed by atoms with E-state index in [4.69, 9.17) is 0 Å². The minimum Gasteiger partial charge on any atom is -0.352 e. The van der Waals surface area contributed by atoms with Crippen LogP contribution in [-0.2, 0) is 4.79 Å². The van der Waals surface area contributed by atoms with Crippen LogP contribution in [0.4, 0.5) is 5.13 Å². The minimum absolute atomic E-state index is 0.162. The Morgan fingerprint density at radius 2 is 1.91 bits per heavy atom. The molecule has 1 aromatic carbocycles. The Morgan fingerprint density at radius 1 is 1.23 bits per heavy atom. The molecule has 2 amide bonds. The third kappa shape index (κ3) is 4.64. The van der Waals surface area contributed by atoms with Crippen molar-refractivity contribution in [2.45, 2.75) is 20.3 Å². The lowest BCUT2D eigenvalue weighted by atomic mass is 10.2. The standard InChI is InChI=1S/C15H16BrN3O2S/c1-9-10(2)22-15(18-9)19-13(20)7-8-17-14(21)11-3-5-12(16)6-4-11/h3-6H,7-8H2,1-2H3,(H,17,21)(H,18,19,20). The molecule has 1 heterocycles. The van der Waals surface area contributed by atoms with E-state index in [0.29, 0.717) is 10.7 Å². The van der Waals surface area contributed by atoms with Gasteiger partial charge in [0.1, 0.15) is 0 Å². The van der Waals surface area contributed by atoms with Gasteiger partial charge in [0.05, 0.1) is 5.69 Å². The summed E-state index contributed by atoms with van der Waals surface area (Å²) < 4.78 is 0.914. The molecular formula is C15H16BrN3O2S. The zero-order valence-electron chi connectivity index (χ0n) is 12.3. The summed E-state index contributed by atoms with van der Waals surface area (Å²) in [5, 5.41) is 6.05. The Morgan fingerprint density at radius 3 is 2.50 bits per heavy atom.